The molecule has 1 unspecified atom stereocenters. The number of nitrogens with one attached hydrogen (secondary N) is 2. The van der Waals surface area contributed by atoms with Crippen LogP contribution in [0.3, 0.4) is 0 Å². The standard InChI is InChI=1S/C17H15N3O5/c1-25-15-7-6-10(20(23)24)8-14(15)19-17(22)12-9-16(21)18-13-5-3-2-4-11(12)13/h2-8,12H,9H2,1H3,(H,18,21)(H,19,22). The first-order valence-electron chi connectivity index (χ1n) is 7.51. The third-order valence-electron chi connectivity index (χ3n) is 3.97. The molecule has 1 aliphatic heterocycles. The fraction of sp³-hybridized carbons (Fsp3) is 0.176. The highest BCUT2D eigenvalue weighted by molar-refractivity contribution is 6.05. The van der Waals surface area contributed by atoms with Gasteiger partial charge in [-0.15, -0.1) is 0 Å². The van der Waals surface area contributed by atoms with Gasteiger partial charge < -0.3 is 15.4 Å². The van der Waals surface area contributed by atoms with Crippen molar-refractivity contribution in [2.24, 2.45) is 0 Å². The van der Waals surface area contributed by atoms with E-state index in [0.717, 1.165) is 0 Å². The summed E-state index contributed by atoms with van der Waals surface area (Å²) in [6, 6.07) is 11.0. The maximum Gasteiger partial charge on any atom is 0.271 e. The first kappa shape index (κ1) is 16.4. The molecule has 128 valence electrons. The monoisotopic (exact) mass is 341 g/mol. The second kappa shape index (κ2) is 6.60. The van der Waals surface area contributed by atoms with Crippen molar-refractivity contribution in [3.8, 4) is 5.75 Å². The highest BCUT2D eigenvalue weighted by Gasteiger charge is 2.31. The van der Waals surface area contributed by atoms with Gasteiger partial charge in [-0.3, -0.25) is 19.7 Å². The number of hydrogen-bond donors (Lipinski definition) is 2. The molecule has 2 amide bonds. The summed E-state index contributed by atoms with van der Waals surface area (Å²) in [5.41, 5.74) is 1.30. The molecule has 0 saturated heterocycles. The second-order valence-corrected chi connectivity index (χ2v) is 5.52. The maximum absolute atomic E-state index is 12.7. The molecule has 0 aromatic heterocycles. The Balaban J connectivity index is 1.92. The van der Waals surface area contributed by atoms with Gasteiger partial charge in [0.2, 0.25) is 11.8 Å². The van der Waals surface area contributed by atoms with Crippen LogP contribution in [-0.2, 0) is 9.59 Å². The summed E-state index contributed by atoms with van der Waals surface area (Å²) in [4.78, 5) is 35.0. The molecule has 8 heteroatoms. The average Bonchev–Trinajstić information content (AvgIpc) is 2.60. The molecule has 0 bridgehead atoms. The van der Waals surface area contributed by atoms with Crippen LogP contribution in [-0.4, -0.2) is 23.8 Å². The van der Waals surface area contributed by atoms with Crippen molar-refractivity contribution in [2.45, 2.75) is 12.3 Å². The number of hydrogen-bond acceptors (Lipinski definition) is 5. The fourth-order valence-corrected chi connectivity index (χ4v) is 2.77. The Hall–Kier alpha value is -3.42. The van der Waals surface area contributed by atoms with Gasteiger partial charge in [-0.1, -0.05) is 18.2 Å². The number of nitrogens with zero attached hydrogens (tertiary/aromatic N) is 1. The molecule has 8 nitrogen and oxygen atoms in total. The lowest BCUT2D eigenvalue weighted by molar-refractivity contribution is -0.384. The van der Waals surface area contributed by atoms with E-state index in [0.29, 0.717) is 17.0 Å². The number of para-hydroxylation sites is 1. The number of amides is 2. The smallest absolute Gasteiger partial charge is 0.271 e. The maximum atomic E-state index is 12.7. The summed E-state index contributed by atoms with van der Waals surface area (Å²) in [5.74, 6) is -1.08. The van der Waals surface area contributed by atoms with E-state index in [4.69, 9.17) is 4.74 Å². The van der Waals surface area contributed by atoms with E-state index in [1.165, 1.54) is 25.3 Å². The summed E-state index contributed by atoms with van der Waals surface area (Å²) in [5, 5.41) is 16.3. The Bertz CT molecular complexity index is 865. The molecule has 0 aliphatic carbocycles. The van der Waals surface area contributed by atoms with Crippen molar-refractivity contribution in [3.05, 3.63) is 58.1 Å². The lowest BCUT2D eigenvalue weighted by Crippen LogP contribution is -2.30. The van der Waals surface area contributed by atoms with E-state index in [2.05, 4.69) is 10.6 Å². The summed E-state index contributed by atoms with van der Waals surface area (Å²) < 4.78 is 5.14. The van der Waals surface area contributed by atoms with Crippen LogP contribution in [0.5, 0.6) is 5.75 Å². The lowest BCUT2D eigenvalue weighted by Gasteiger charge is -2.25. The third kappa shape index (κ3) is 3.27. The number of nitro groups is 1. The number of anilines is 2. The molecule has 0 fully saturated rings. The normalized spacial score (nSPS) is 15.7. The van der Waals surface area contributed by atoms with Crippen LogP contribution in [0.1, 0.15) is 17.9 Å². The topological polar surface area (TPSA) is 111 Å². The molecule has 0 spiro atoms. The van der Waals surface area contributed by atoms with Gasteiger partial charge in [-0.05, 0) is 17.7 Å². The number of rotatable bonds is 4. The van der Waals surface area contributed by atoms with Gasteiger partial charge in [0.15, 0.2) is 0 Å². The molecule has 0 radical (unpaired) electrons. The van der Waals surface area contributed by atoms with Gasteiger partial charge in [0, 0.05) is 24.2 Å². The van der Waals surface area contributed by atoms with Crippen LogP contribution >= 0.6 is 0 Å². The van der Waals surface area contributed by atoms with Crippen molar-refractivity contribution in [1.82, 2.24) is 0 Å². The number of non-ortho nitro benzene ring substituents is 1. The number of ether oxygens (including phenoxy) is 1. The highest BCUT2D eigenvalue weighted by atomic mass is 16.6. The number of fused-ring (bicyclic) bond motifs is 1. The molecular weight excluding hydrogens is 326 g/mol. The summed E-state index contributed by atoms with van der Waals surface area (Å²) in [6.07, 6.45) is 0.0000883. The van der Waals surface area contributed by atoms with Crippen molar-refractivity contribution in [2.75, 3.05) is 17.7 Å². The van der Waals surface area contributed by atoms with Gasteiger partial charge in [0.25, 0.3) is 5.69 Å². The Kier molecular flexibility index (Phi) is 4.34. The van der Waals surface area contributed by atoms with Crippen LogP contribution in [0.25, 0.3) is 0 Å². The average molecular weight is 341 g/mol. The van der Waals surface area contributed by atoms with Crippen LogP contribution in [0.15, 0.2) is 42.5 Å². The third-order valence-corrected chi connectivity index (χ3v) is 3.97. The van der Waals surface area contributed by atoms with Gasteiger partial charge >= 0.3 is 0 Å². The minimum absolute atomic E-state index is 0.0000883. The van der Waals surface area contributed by atoms with Crippen LogP contribution in [0, 0.1) is 10.1 Å². The first-order valence-corrected chi connectivity index (χ1v) is 7.51. The predicted molar refractivity (Wildman–Crippen MR) is 90.7 cm³/mol. The molecule has 2 aromatic carbocycles. The molecule has 2 aromatic rings. The molecule has 1 heterocycles. The van der Waals surface area contributed by atoms with Crippen molar-refractivity contribution < 1.29 is 19.2 Å². The van der Waals surface area contributed by atoms with E-state index < -0.39 is 16.7 Å². The Morgan fingerprint density at radius 3 is 2.80 bits per heavy atom. The number of methoxy groups -OCH3 is 1. The minimum atomic E-state index is -0.686. The number of nitro benzene ring substituents is 1. The SMILES string of the molecule is COc1ccc([N+](=O)[O-])cc1NC(=O)C1CC(=O)Nc2ccccc21. The van der Waals surface area contributed by atoms with Crippen molar-refractivity contribution in [1.29, 1.82) is 0 Å². The van der Waals surface area contributed by atoms with Gasteiger partial charge in [-0.2, -0.15) is 0 Å². The molecule has 25 heavy (non-hydrogen) atoms. The fourth-order valence-electron chi connectivity index (χ4n) is 2.77. The predicted octanol–water partition coefficient (Wildman–Crippen LogP) is 2.67. The lowest BCUT2D eigenvalue weighted by atomic mass is 9.90. The minimum Gasteiger partial charge on any atom is -0.495 e. The quantitative estimate of drug-likeness (QED) is 0.656. The molecule has 3 rings (SSSR count). The van der Waals surface area contributed by atoms with Crippen LogP contribution in [0.2, 0.25) is 0 Å². The number of carbonyl (C=O) groups excluding carboxylic acids is 2. The Labute approximate surface area is 142 Å². The van der Waals surface area contributed by atoms with Crippen molar-refractivity contribution in [3.63, 3.8) is 0 Å². The Morgan fingerprint density at radius 1 is 1.32 bits per heavy atom. The largest absolute Gasteiger partial charge is 0.495 e. The zero-order chi connectivity index (χ0) is 18.0. The van der Waals surface area contributed by atoms with Crippen LogP contribution < -0.4 is 15.4 Å². The number of carbonyl (C=O) groups is 2. The summed E-state index contributed by atoms with van der Waals surface area (Å²) >= 11 is 0. The van der Waals surface area contributed by atoms with E-state index in [1.807, 2.05) is 0 Å². The van der Waals surface area contributed by atoms with Gasteiger partial charge in [0.05, 0.1) is 23.6 Å². The second-order valence-electron chi connectivity index (χ2n) is 5.52. The van der Waals surface area contributed by atoms with Gasteiger partial charge in [0.1, 0.15) is 5.75 Å². The van der Waals surface area contributed by atoms with Crippen LogP contribution in [0.4, 0.5) is 17.1 Å². The molecule has 1 atom stereocenters. The summed E-state index contributed by atoms with van der Waals surface area (Å²) in [7, 11) is 1.40. The van der Waals surface area contributed by atoms with E-state index in [-0.39, 0.29) is 23.7 Å². The molecule has 2 N–H and O–H groups in total. The zero-order valence-electron chi connectivity index (χ0n) is 13.3. The van der Waals surface area contributed by atoms with Gasteiger partial charge in [-0.25, -0.2) is 0 Å². The van der Waals surface area contributed by atoms with E-state index in [9.17, 15) is 19.7 Å². The molecule has 1 aliphatic rings. The highest BCUT2D eigenvalue weighted by Crippen LogP contribution is 2.35. The molecule has 0 saturated carbocycles. The zero-order valence-corrected chi connectivity index (χ0v) is 13.3. The van der Waals surface area contributed by atoms with E-state index >= 15 is 0 Å². The van der Waals surface area contributed by atoms with E-state index in [1.54, 1.807) is 24.3 Å². The number of benzene rings is 2. The first-order chi connectivity index (χ1) is 12.0. The molecular formula is C17H15N3O5. The summed E-state index contributed by atoms with van der Waals surface area (Å²) in [6.45, 7) is 0. The Morgan fingerprint density at radius 2 is 2.08 bits per heavy atom. The van der Waals surface area contributed by atoms with Crippen molar-refractivity contribution >= 4 is 28.9 Å².